The number of alkyl carbamates (subject to hydrolysis) is 1. The molecule has 0 aromatic carbocycles. The average molecular weight is 326 g/mol. The van der Waals surface area contributed by atoms with E-state index < -0.39 is 12.1 Å². The third-order valence-corrected chi connectivity index (χ3v) is 4.05. The van der Waals surface area contributed by atoms with Gasteiger partial charge < -0.3 is 15.4 Å². The summed E-state index contributed by atoms with van der Waals surface area (Å²) in [7, 11) is 1.57. The summed E-state index contributed by atoms with van der Waals surface area (Å²) in [5.41, 5.74) is 0. The second kappa shape index (κ2) is 14.1. The first-order valence-electron chi connectivity index (χ1n) is 8.82. The van der Waals surface area contributed by atoms with Gasteiger partial charge in [-0.25, -0.2) is 4.79 Å². The number of amides is 2. The number of allylic oxidation sites excluding steroid dienone is 1. The van der Waals surface area contributed by atoms with E-state index in [2.05, 4.69) is 17.2 Å². The monoisotopic (exact) mass is 326 g/mol. The average Bonchev–Trinajstić information content (AvgIpc) is 2.56. The fourth-order valence-electron chi connectivity index (χ4n) is 2.29. The van der Waals surface area contributed by atoms with Crippen molar-refractivity contribution >= 4 is 12.0 Å². The molecule has 0 fully saturated rings. The van der Waals surface area contributed by atoms with Gasteiger partial charge in [0.05, 0.1) is 6.61 Å². The highest BCUT2D eigenvalue weighted by atomic mass is 16.5. The predicted molar refractivity (Wildman–Crippen MR) is 94.3 cm³/mol. The van der Waals surface area contributed by atoms with Gasteiger partial charge >= 0.3 is 6.09 Å². The van der Waals surface area contributed by atoms with Crippen molar-refractivity contribution in [2.45, 2.75) is 71.3 Å². The number of unbranched alkanes of at least 4 members (excludes halogenated alkanes) is 6. The van der Waals surface area contributed by atoms with E-state index in [1.54, 1.807) is 7.05 Å². The third-order valence-electron chi connectivity index (χ3n) is 4.05. The Morgan fingerprint density at radius 1 is 1.13 bits per heavy atom. The van der Waals surface area contributed by atoms with Crippen molar-refractivity contribution in [3.63, 3.8) is 0 Å². The lowest BCUT2D eigenvalue weighted by atomic mass is 9.99. The molecule has 0 aromatic heterocycles. The maximum absolute atomic E-state index is 11.8. The van der Waals surface area contributed by atoms with E-state index in [9.17, 15) is 9.59 Å². The molecule has 0 aliphatic carbocycles. The zero-order valence-corrected chi connectivity index (χ0v) is 15.0. The molecule has 0 saturated heterocycles. The Labute approximate surface area is 141 Å². The SMILES string of the molecule is C=CCCCCCCCCOC(=O)NC(C(=O)NC)C(C)CC. The van der Waals surface area contributed by atoms with Crippen LogP contribution in [-0.4, -0.2) is 31.7 Å². The van der Waals surface area contributed by atoms with Crippen LogP contribution >= 0.6 is 0 Å². The standard InChI is InChI=1S/C18H34N2O3/c1-5-7-8-9-10-11-12-13-14-23-18(22)20-16(15(3)6-2)17(21)19-4/h5,15-16H,1,6-14H2,2-4H3,(H,19,21)(H,20,22). The van der Waals surface area contributed by atoms with Crippen molar-refractivity contribution in [2.75, 3.05) is 13.7 Å². The van der Waals surface area contributed by atoms with Crippen molar-refractivity contribution in [3.05, 3.63) is 12.7 Å². The molecule has 2 unspecified atom stereocenters. The Morgan fingerprint density at radius 3 is 2.30 bits per heavy atom. The summed E-state index contributed by atoms with van der Waals surface area (Å²) in [6, 6.07) is -0.539. The lowest BCUT2D eigenvalue weighted by Crippen LogP contribution is -2.49. The molecule has 0 radical (unpaired) electrons. The number of hydrogen-bond donors (Lipinski definition) is 2. The molecule has 0 bridgehead atoms. The molecule has 0 saturated carbocycles. The highest BCUT2D eigenvalue weighted by Crippen LogP contribution is 2.09. The van der Waals surface area contributed by atoms with Gasteiger partial charge in [0.25, 0.3) is 0 Å². The van der Waals surface area contributed by atoms with Crippen molar-refractivity contribution in [1.82, 2.24) is 10.6 Å². The summed E-state index contributed by atoms with van der Waals surface area (Å²) in [5, 5.41) is 5.24. The molecule has 0 aliphatic heterocycles. The first-order chi connectivity index (χ1) is 11.1. The lowest BCUT2D eigenvalue weighted by molar-refractivity contribution is -0.123. The second-order valence-corrected chi connectivity index (χ2v) is 5.96. The first-order valence-corrected chi connectivity index (χ1v) is 8.82. The summed E-state index contributed by atoms with van der Waals surface area (Å²) in [6.07, 6.45) is 10.1. The van der Waals surface area contributed by atoms with Crippen molar-refractivity contribution in [2.24, 2.45) is 5.92 Å². The fourth-order valence-corrected chi connectivity index (χ4v) is 2.29. The highest BCUT2D eigenvalue weighted by Gasteiger charge is 2.25. The quantitative estimate of drug-likeness (QED) is 0.400. The van der Waals surface area contributed by atoms with Gasteiger partial charge in [-0.3, -0.25) is 4.79 Å². The number of carbonyl (C=O) groups is 2. The maximum atomic E-state index is 11.8. The Bertz CT molecular complexity index is 345. The van der Waals surface area contributed by atoms with Crippen LogP contribution < -0.4 is 10.6 Å². The van der Waals surface area contributed by atoms with Gasteiger partial charge in [0.2, 0.25) is 5.91 Å². The van der Waals surface area contributed by atoms with E-state index in [0.29, 0.717) is 6.61 Å². The van der Waals surface area contributed by atoms with E-state index in [4.69, 9.17) is 4.74 Å². The van der Waals surface area contributed by atoms with Crippen molar-refractivity contribution in [3.8, 4) is 0 Å². The van der Waals surface area contributed by atoms with Gasteiger partial charge in [0, 0.05) is 7.05 Å². The van der Waals surface area contributed by atoms with Crippen LogP contribution in [0.1, 0.15) is 65.2 Å². The number of nitrogens with one attached hydrogen (secondary N) is 2. The van der Waals surface area contributed by atoms with E-state index >= 15 is 0 Å². The number of ether oxygens (including phenoxy) is 1. The van der Waals surface area contributed by atoms with E-state index in [-0.39, 0.29) is 11.8 Å². The minimum atomic E-state index is -0.539. The molecule has 0 aromatic rings. The van der Waals surface area contributed by atoms with Gasteiger partial charge in [0.1, 0.15) is 6.04 Å². The molecule has 2 amide bonds. The number of carbonyl (C=O) groups excluding carboxylic acids is 2. The summed E-state index contributed by atoms with van der Waals surface area (Å²) >= 11 is 0. The molecule has 23 heavy (non-hydrogen) atoms. The molecular formula is C18H34N2O3. The van der Waals surface area contributed by atoms with Crippen LogP contribution in [0.5, 0.6) is 0 Å². The van der Waals surface area contributed by atoms with E-state index in [1.807, 2.05) is 19.9 Å². The van der Waals surface area contributed by atoms with Gasteiger partial charge in [-0.2, -0.15) is 0 Å². The molecule has 2 atom stereocenters. The van der Waals surface area contributed by atoms with Crippen LogP contribution in [0.25, 0.3) is 0 Å². The molecular weight excluding hydrogens is 292 g/mol. The van der Waals surface area contributed by atoms with Crippen LogP contribution in [0.3, 0.4) is 0 Å². The maximum Gasteiger partial charge on any atom is 0.407 e. The molecule has 0 heterocycles. The molecule has 0 rings (SSSR count). The normalized spacial score (nSPS) is 13.0. The fraction of sp³-hybridized carbons (Fsp3) is 0.778. The number of hydrogen-bond acceptors (Lipinski definition) is 3. The van der Waals surface area contributed by atoms with Gasteiger partial charge in [-0.1, -0.05) is 52.0 Å². The van der Waals surface area contributed by atoms with Crippen LogP contribution in [0.15, 0.2) is 12.7 Å². The molecule has 5 nitrogen and oxygen atoms in total. The van der Waals surface area contributed by atoms with Gasteiger partial charge in [-0.15, -0.1) is 6.58 Å². The third kappa shape index (κ3) is 10.8. The number of likely N-dealkylation sites (N-methyl/N-ethyl adjacent to an activating group) is 1. The predicted octanol–water partition coefficient (Wildman–Crippen LogP) is 3.79. The topological polar surface area (TPSA) is 67.4 Å². The van der Waals surface area contributed by atoms with Crippen LogP contribution in [0.4, 0.5) is 4.79 Å². The first kappa shape index (κ1) is 21.5. The smallest absolute Gasteiger partial charge is 0.407 e. The highest BCUT2D eigenvalue weighted by molar-refractivity contribution is 5.85. The van der Waals surface area contributed by atoms with E-state index in [0.717, 1.165) is 32.1 Å². The summed E-state index contributed by atoms with van der Waals surface area (Å²) < 4.78 is 5.16. The molecule has 134 valence electrons. The molecule has 5 heteroatoms. The minimum absolute atomic E-state index is 0.0677. The Hall–Kier alpha value is -1.52. The molecule has 0 spiro atoms. The van der Waals surface area contributed by atoms with Crippen molar-refractivity contribution < 1.29 is 14.3 Å². The zero-order chi connectivity index (χ0) is 17.5. The van der Waals surface area contributed by atoms with Crippen LogP contribution in [-0.2, 0) is 9.53 Å². The number of rotatable bonds is 13. The summed E-state index contributed by atoms with van der Waals surface area (Å²) in [5.74, 6) is -0.117. The molecule has 0 aliphatic rings. The molecule has 2 N–H and O–H groups in total. The van der Waals surface area contributed by atoms with Crippen LogP contribution in [0, 0.1) is 5.92 Å². The zero-order valence-electron chi connectivity index (χ0n) is 15.0. The van der Waals surface area contributed by atoms with E-state index in [1.165, 1.54) is 19.3 Å². The Kier molecular flexibility index (Phi) is 13.2. The Balaban J connectivity index is 3.79. The summed E-state index contributed by atoms with van der Waals surface area (Å²) in [4.78, 5) is 23.6. The lowest BCUT2D eigenvalue weighted by Gasteiger charge is -2.22. The summed E-state index contributed by atoms with van der Waals surface area (Å²) in [6.45, 7) is 8.04. The Morgan fingerprint density at radius 2 is 1.74 bits per heavy atom. The second-order valence-electron chi connectivity index (χ2n) is 5.96. The van der Waals surface area contributed by atoms with Gasteiger partial charge in [0.15, 0.2) is 0 Å². The van der Waals surface area contributed by atoms with Gasteiger partial charge in [-0.05, 0) is 25.2 Å². The van der Waals surface area contributed by atoms with Crippen LogP contribution in [0.2, 0.25) is 0 Å². The largest absolute Gasteiger partial charge is 0.450 e. The van der Waals surface area contributed by atoms with Crippen molar-refractivity contribution in [1.29, 1.82) is 0 Å². The minimum Gasteiger partial charge on any atom is -0.450 e.